The van der Waals surface area contributed by atoms with Gasteiger partial charge in [-0.15, -0.1) is 12.4 Å². The molecule has 0 heterocycles. The molecule has 0 amide bonds. The van der Waals surface area contributed by atoms with Crippen molar-refractivity contribution in [2.24, 2.45) is 5.73 Å². The van der Waals surface area contributed by atoms with Crippen molar-refractivity contribution in [3.8, 4) is 6.07 Å². The number of hydrogen-bond donors (Lipinski definition) is 1. The minimum atomic E-state index is 0. The molecule has 0 bridgehead atoms. The molecule has 0 fully saturated rings. The first-order chi connectivity index (χ1) is 5.81. The maximum absolute atomic E-state index is 8.66. The van der Waals surface area contributed by atoms with E-state index in [-0.39, 0.29) is 18.4 Å². The maximum Gasteiger partial charge on any atom is 0.0991 e. The van der Waals surface area contributed by atoms with Gasteiger partial charge in [0.05, 0.1) is 11.6 Å². The minimum Gasteiger partial charge on any atom is -0.324 e. The lowest BCUT2D eigenvalue weighted by molar-refractivity contribution is 0.713. The van der Waals surface area contributed by atoms with E-state index in [2.05, 4.69) is 6.07 Å². The fraction of sp³-hybridized carbons (Fsp3) is 0.300. The summed E-state index contributed by atoms with van der Waals surface area (Å²) in [4.78, 5) is 0. The Morgan fingerprint density at radius 3 is 2.92 bits per heavy atom. The topological polar surface area (TPSA) is 49.8 Å². The smallest absolute Gasteiger partial charge is 0.0991 e. The van der Waals surface area contributed by atoms with E-state index in [4.69, 9.17) is 11.0 Å². The molecule has 13 heavy (non-hydrogen) atoms. The van der Waals surface area contributed by atoms with E-state index in [0.717, 1.165) is 18.4 Å². The van der Waals surface area contributed by atoms with Crippen LogP contribution in [0, 0.1) is 11.3 Å². The molecule has 0 saturated carbocycles. The van der Waals surface area contributed by atoms with E-state index in [1.165, 1.54) is 5.56 Å². The number of nitrogens with zero attached hydrogens (tertiary/aromatic N) is 1. The summed E-state index contributed by atoms with van der Waals surface area (Å²) in [6.07, 6.45) is 2.08. The molecule has 2 nitrogen and oxygen atoms in total. The van der Waals surface area contributed by atoms with E-state index >= 15 is 0 Å². The number of hydrogen-bond acceptors (Lipinski definition) is 2. The molecule has 0 radical (unpaired) electrons. The van der Waals surface area contributed by atoms with Gasteiger partial charge in [-0.2, -0.15) is 5.26 Å². The van der Waals surface area contributed by atoms with Crippen LogP contribution >= 0.6 is 12.4 Å². The van der Waals surface area contributed by atoms with Crippen LogP contribution in [-0.4, -0.2) is 0 Å². The highest BCUT2D eigenvalue weighted by atomic mass is 35.5. The van der Waals surface area contributed by atoms with Gasteiger partial charge in [0.1, 0.15) is 0 Å². The predicted octanol–water partition coefficient (Wildman–Crippen LogP) is 1.93. The van der Waals surface area contributed by atoms with Crippen LogP contribution in [0.1, 0.15) is 29.2 Å². The van der Waals surface area contributed by atoms with Gasteiger partial charge in [-0.25, -0.2) is 0 Å². The zero-order valence-electron chi connectivity index (χ0n) is 7.16. The number of benzene rings is 1. The zero-order chi connectivity index (χ0) is 8.55. The average Bonchev–Trinajstić information content (AvgIpc) is 2.47. The quantitative estimate of drug-likeness (QED) is 0.686. The first-order valence-corrected chi connectivity index (χ1v) is 4.10. The third-order valence-corrected chi connectivity index (χ3v) is 2.40. The van der Waals surface area contributed by atoms with Crippen LogP contribution in [0.2, 0.25) is 0 Å². The Balaban J connectivity index is 0.000000845. The van der Waals surface area contributed by atoms with Crippen molar-refractivity contribution < 1.29 is 0 Å². The van der Waals surface area contributed by atoms with Crippen molar-refractivity contribution in [1.82, 2.24) is 0 Å². The molecule has 1 aromatic carbocycles. The Hall–Kier alpha value is -1.04. The third kappa shape index (κ3) is 1.67. The molecular formula is C10H11ClN2. The molecular weight excluding hydrogens is 184 g/mol. The lowest BCUT2D eigenvalue weighted by Gasteiger charge is -2.03. The summed E-state index contributed by atoms with van der Waals surface area (Å²) in [6, 6.07) is 8.05. The van der Waals surface area contributed by atoms with Crippen molar-refractivity contribution in [3.05, 3.63) is 34.9 Å². The van der Waals surface area contributed by atoms with Crippen LogP contribution in [0.25, 0.3) is 0 Å². The van der Waals surface area contributed by atoms with Gasteiger partial charge in [-0.1, -0.05) is 6.07 Å². The number of rotatable bonds is 0. The summed E-state index contributed by atoms with van der Waals surface area (Å²) in [7, 11) is 0. The highest BCUT2D eigenvalue weighted by Crippen LogP contribution is 2.29. The molecule has 1 unspecified atom stereocenters. The van der Waals surface area contributed by atoms with Gasteiger partial charge in [0.2, 0.25) is 0 Å². The molecule has 1 aliphatic rings. The van der Waals surface area contributed by atoms with Crippen molar-refractivity contribution in [2.45, 2.75) is 18.9 Å². The molecule has 1 aliphatic carbocycles. The summed E-state index contributed by atoms with van der Waals surface area (Å²) in [5.41, 5.74) is 9.04. The summed E-state index contributed by atoms with van der Waals surface area (Å²) < 4.78 is 0. The largest absolute Gasteiger partial charge is 0.324 e. The van der Waals surface area contributed by atoms with Gasteiger partial charge in [0.25, 0.3) is 0 Å². The Morgan fingerprint density at radius 2 is 2.23 bits per heavy atom. The SMILES string of the molecule is Cl.N#Cc1ccc2c(c1)C(N)CC2. The average molecular weight is 195 g/mol. The van der Waals surface area contributed by atoms with E-state index in [9.17, 15) is 0 Å². The van der Waals surface area contributed by atoms with E-state index in [0.29, 0.717) is 5.56 Å². The van der Waals surface area contributed by atoms with Gasteiger partial charge < -0.3 is 5.73 Å². The summed E-state index contributed by atoms with van der Waals surface area (Å²) in [5, 5.41) is 8.66. The van der Waals surface area contributed by atoms with Gasteiger partial charge >= 0.3 is 0 Å². The second kappa shape index (κ2) is 3.78. The number of aryl methyl sites for hydroxylation is 1. The van der Waals surface area contributed by atoms with Crippen molar-refractivity contribution in [3.63, 3.8) is 0 Å². The second-order valence-corrected chi connectivity index (χ2v) is 3.17. The zero-order valence-corrected chi connectivity index (χ0v) is 7.97. The van der Waals surface area contributed by atoms with Crippen LogP contribution in [0.15, 0.2) is 18.2 Å². The lowest BCUT2D eigenvalue weighted by atomic mass is 10.1. The van der Waals surface area contributed by atoms with Gasteiger partial charge in [0, 0.05) is 6.04 Å². The standard InChI is InChI=1S/C10H10N2.ClH/c11-6-7-1-2-8-3-4-10(12)9(8)5-7;/h1-2,5,10H,3-4,12H2;1H. The molecule has 0 spiro atoms. The van der Waals surface area contributed by atoms with Gasteiger partial charge in [0.15, 0.2) is 0 Å². The molecule has 68 valence electrons. The molecule has 0 saturated heterocycles. The van der Waals surface area contributed by atoms with Crippen LogP contribution in [0.3, 0.4) is 0 Å². The molecule has 0 aliphatic heterocycles. The monoisotopic (exact) mass is 194 g/mol. The summed E-state index contributed by atoms with van der Waals surface area (Å²) in [5.74, 6) is 0. The molecule has 2 N–H and O–H groups in total. The van der Waals surface area contributed by atoms with E-state index in [1.807, 2.05) is 18.2 Å². The van der Waals surface area contributed by atoms with Crippen LogP contribution in [0.5, 0.6) is 0 Å². The van der Waals surface area contributed by atoms with Crippen molar-refractivity contribution in [2.75, 3.05) is 0 Å². The van der Waals surface area contributed by atoms with Crippen molar-refractivity contribution >= 4 is 12.4 Å². The van der Waals surface area contributed by atoms with Crippen molar-refractivity contribution in [1.29, 1.82) is 5.26 Å². The number of nitriles is 1. The fourth-order valence-electron chi connectivity index (χ4n) is 1.70. The summed E-state index contributed by atoms with van der Waals surface area (Å²) in [6.45, 7) is 0. The molecule has 2 rings (SSSR count). The number of nitrogens with two attached hydrogens (primary N) is 1. The lowest BCUT2D eigenvalue weighted by Crippen LogP contribution is -2.05. The first kappa shape index (κ1) is 10.0. The highest BCUT2D eigenvalue weighted by molar-refractivity contribution is 5.85. The Morgan fingerprint density at radius 1 is 1.46 bits per heavy atom. The predicted molar refractivity (Wildman–Crippen MR) is 53.7 cm³/mol. The normalized spacial score (nSPS) is 18.6. The first-order valence-electron chi connectivity index (χ1n) is 4.10. The third-order valence-electron chi connectivity index (χ3n) is 2.40. The van der Waals surface area contributed by atoms with E-state index in [1.54, 1.807) is 0 Å². The fourth-order valence-corrected chi connectivity index (χ4v) is 1.70. The number of fused-ring (bicyclic) bond motifs is 1. The highest BCUT2D eigenvalue weighted by Gasteiger charge is 2.18. The Bertz CT molecular complexity index is 354. The molecule has 1 aromatic rings. The Kier molecular flexibility index (Phi) is 2.92. The minimum absolute atomic E-state index is 0. The molecule has 3 heteroatoms. The van der Waals surface area contributed by atoms with E-state index < -0.39 is 0 Å². The van der Waals surface area contributed by atoms with Gasteiger partial charge in [-0.05, 0) is 36.1 Å². The van der Waals surface area contributed by atoms with Crippen LogP contribution in [0.4, 0.5) is 0 Å². The maximum atomic E-state index is 8.66. The second-order valence-electron chi connectivity index (χ2n) is 3.17. The molecule has 1 atom stereocenters. The summed E-state index contributed by atoms with van der Waals surface area (Å²) >= 11 is 0. The number of halogens is 1. The van der Waals surface area contributed by atoms with Crippen LogP contribution < -0.4 is 5.73 Å². The van der Waals surface area contributed by atoms with Crippen LogP contribution in [-0.2, 0) is 6.42 Å². The molecule has 0 aromatic heterocycles. The van der Waals surface area contributed by atoms with Gasteiger partial charge in [-0.3, -0.25) is 0 Å². The Labute approximate surface area is 83.8 Å².